The van der Waals surface area contributed by atoms with Gasteiger partial charge in [0.05, 0.1) is 0 Å². The number of allylic oxidation sites excluding steroid dienone is 2. The fourth-order valence-electron chi connectivity index (χ4n) is 1.40. The number of rotatable bonds is 9. The summed E-state index contributed by atoms with van der Waals surface area (Å²) < 4.78 is 0. The van der Waals surface area contributed by atoms with Crippen LogP contribution in [0.4, 0.5) is 0 Å². The molecule has 0 aromatic heterocycles. The van der Waals surface area contributed by atoms with E-state index in [1.165, 1.54) is 32.2 Å². The fourth-order valence-corrected chi connectivity index (χ4v) is 1.40. The lowest BCUT2D eigenvalue weighted by Gasteiger charge is -2.15. The first-order valence-corrected chi connectivity index (χ1v) is 5.75. The number of nitrogens with one attached hydrogen (secondary N) is 1. The molecule has 0 aromatic carbocycles. The zero-order chi connectivity index (χ0) is 10.6. The number of hydrogen-bond donors (Lipinski definition) is 1. The molecule has 84 valence electrons. The lowest BCUT2D eigenvalue weighted by molar-refractivity contribution is 0.326. The summed E-state index contributed by atoms with van der Waals surface area (Å²) in [6, 6.07) is 0. The molecule has 14 heavy (non-hydrogen) atoms. The van der Waals surface area contributed by atoms with Gasteiger partial charge in [-0.2, -0.15) is 0 Å². The normalized spacial score (nSPS) is 11.7. The maximum Gasteiger partial charge on any atom is 0.0104 e. The van der Waals surface area contributed by atoms with Gasteiger partial charge in [0.15, 0.2) is 0 Å². The fraction of sp³-hybridized carbons (Fsp3) is 0.833. The van der Waals surface area contributed by atoms with Gasteiger partial charge < -0.3 is 10.2 Å². The number of likely N-dealkylation sites (N-methyl/N-ethyl adjacent to an activating group) is 2. The predicted molar refractivity (Wildman–Crippen MR) is 64.7 cm³/mol. The van der Waals surface area contributed by atoms with E-state index in [1.807, 2.05) is 7.05 Å². The Labute approximate surface area is 89.4 Å². The third-order valence-electron chi connectivity index (χ3n) is 2.39. The Morgan fingerprint density at radius 2 is 1.93 bits per heavy atom. The van der Waals surface area contributed by atoms with Gasteiger partial charge in [-0.15, -0.1) is 0 Å². The van der Waals surface area contributed by atoms with Gasteiger partial charge in [0.2, 0.25) is 0 Å². The van der Waals surface area contributed by atoms with Crippen molar-refractivity contribution in [1.29, 1.82) is 0 Å². The highest BCUT2D eigenvalue weighted by Gasteiger charge is 1.95. The summed E-state index contributed by atoms with van der Waals surface area (Å²) >= 11 is 0. The van der Waals surface area contributed by atoms with Gasteiger partial charge in [-0.25, -0.2) is 0 Å². The molecule has 0 heterocycles. The highest BCUT2D eigenvalue weighted by Crippen LogP contribution is 2.01. The molecule has 2 heteroatoms. The minimum Gasteiger partial charge on any atom is -0.318 e. The van der Waals surface area contributed by atoms with Crippen LogP contribution in [0.5, 0.6) is 0 Å². The average molecular weight is 198 g/mol. The van der Waals surface area contributed by atoms with Crippen LogP contribution in [-0.4, -0.2) is 38.6 Å². The van der Waals surface area contributed by atoms with E-state index in [2.05, 4.69) is 36.3 Å². The van der Waals surface area contributed by atoms with Crippen molar-refractivity contribution in [3.63, 3.8) is 0 Å². The van der Waals surface area contributed by atoms with Gasteiger partial charge in [0.25, 0.3) is 0 Å². The summed E-state index contributed by atoms with van der Waals surface area (Å²) in [5, 5.41) is 3.17. The second-order valence-electron chi connectivity index (χ2n) is 3.83. The van der Waals surface area contributed by atoms with Crippen molar-refractivity contribution < 1.29 is 0 Å². The third kappa shape index (κ3) is 9.75. The second-order valence-corrected chi connectivity index (χ2v) is 3.83. The number of unbranched alkanes of at least 4 members (excludes halogenated alkanes) is 3. The third-order valence-corrected chi connectivity index (χ3v) is 2.39. The van der Waals surface area contributed by atoms with Crippen LogP contribution in [0.3, 0.4) is 0 Å². The van der Waals surface area contributed by atoms with Crippen LogP contribution in [0.2, 0.25) is 0 Å². The van der Waals surface area contributed by atoms with E-state index in [1.54, 1.807) is 0 Å². The van der Waals surface area contributed by atoms with E-state index in [0.717, 1.165) is 13.1 Å². The van der Waals surface area contributed by atoms with Crippen LogP contribution in [0.1, 0.15) is 32.6 Å². The van der Waals surface area contributed by atoms with E-state index in [4.69, 9.17) is 0 Å². The first-order valence-electron chi connectivity index (χ1n) is 5.75. The van der Waals surface area contributed by atoms with Gasteiger partial charge in [-0.3, -0.25) is 0 Å². The lowest BCUT2D eigenvalue weighted by atomic mass is 10.2. The van der Waals surface area contributed by atoms with Crippen LogP contribution < -0.4 is 5.32 Å². The Morgan fingerprint density at radius 3 is 2.57 bits per heavy atom. The molecule has 0 fully saturated rings. The maximum absolute atomic E-state index is 3.17. The Bertz CT molecular complexity index is 132. The smallest absolute Gasteiger partial charge is 0.0104 e. The zero-order valence-electron chi connectivity index (χ0n) is 10.1. The van der Waals surface area contributed by atoms with Crippen LogP contribution >= 0.6 is 0 Å². The summed E-state index contributed by atoms with van der Waals surface area (Å²) in [7, 11) is 4.20. The van der Waals surface area contributed by atoms with Gasteiger partial charge >= 0.3 is 0 Å². The van der Waals surface area contributed by atoms with E-state index < -0.39 is 0 Å². The predicted octanol–water partition coefficient (Wildman–Crippen LogP) is 2.27. The maximum atomic E-state index is 3.17. The van der Waals surface area contributed by atoms with Gasteiger partial charge in [0.1, 0.15) is 0 Å². The molecule has 0 spiro atoms. The quantitative estimate of drug-likeness (QED) is 0.452. The van der Waals surface area contributed by atoms with Crippen molar-refractivity contribution in [2.45, 2.75) is 32.6 Å². The topological polar surface area (TPSA) is 15.3 Å². The summed E-state index contributed by atoms with van der Waals surface area (Å²) in [5.41, 5.74) is 0. The van der Waals surface area contributed by atoms with E-state index in [0.29, 0.717) is 0 Å². The van der Waals surface area contributed by atoms with Crippen LogP contribution in [-0.2, 0) is 0 Å². The molecule has 0 bridgehead atoms. The summed E-state index contributed by atoms with van der Waals surface area (Å²) in [5.74, 6) is 0. The molecule has 2 nitrogen and oxygen atoms in total. The average Bonchev–Trinajstić information content (AvgIpc) is 2.20. The molecule has 0 aliphatic rings. The molecule has 0 saturated carbocycles. The van der Waals surface area contributed by atoms with Crippen molar-refractivity contribution in [3.8, 4) is 0 Å². The molecule has 0 aliphatic heterocycles. The molecule has 0 saturated heterocycles. The Kier molecular flexibility index (Phi) is 10.5. The lowest BCUT2D eigenvalue weighted by Crippen LogP contribution is -2.28. The van der Waals surface area contributed by atoms with Crippen molar-refractivity contribution >= 4 is 0 Å². The van der Waals surface area contributed by atoms with Gasteiger partial charge in [0, 0.05) is 13.1 Å². The SMILES string of the molecule is C/C=C/CCCCCN(C)CCNC. The largest absolute Gasteiger partial charge is 0.318 e. The Morgan fingerprint density at radius 1 is 1.14 bits per heavy atom. The van der Waals surface area contributed by atoms with Crippen molar-refractivity contribution in [2.24, 2.45) is 0 Å². The highest BCUT2D eigenvalue weighted by molar-refractivity contribution is 4.76. The minimum absolute atomic E-state index is 1.09. The Balaban J connectivity index is 3.10. The number of nitrogens with zero attached hydrogens (tertiary/aromatic N) is 1. The molecule has 0 amide bonds. The van der Waals surface area contributed by atoms with Gasteiger partial charge in [-0.1, -0.05) is 18.6 Å². The molecule has 0 atom stereocenters. The van der Waals surface area contributed by atoms with Crippen LogP contribution in [0.15, 0.2) is 12.2 Å². The first kappa shape index (κ1) is 13.7. The molecule has 0 aliphatic carbocycles. The molecule has 0 rings (SSSR count). The minimum atomic E-state index is 1.09. The first-order chi connectivity index (χ1) is 6.81. The van der Waals surface area contributed by atoms with Crippen LogP contribution in [0, 0.1) is 0 Å². The van der Waals surface area contributed by atoms with E-state index in [9.17, 15) is 0 Å². The molecule has 0 unspecified atom stereocenters. The molecular formula is C12H26N2. The van der Waals surface area contributed by atoms with E-state index >= 15 is 0 Å². The summed E-state index contributed by atoms with van der Waals surface area (Å²) in [6.45, 7) is 5.57. The molecule has 0 aromatic rings. The Hall–Kier alpha value is -0.340. The monoisotopic (exact) mass is 198 g/mol. The van der Waals surface area contributed by atoms with Crippen LogP contribution in [0.25, 0.3) is 0 Å². The summed E-state index contributed by atoms with van der Waals surface area (Å²) in [4.78, 5) is 2.40. The highest BCUT2D eigenvalue weighted by atomic mass is 15.1. The van der Waals surface area contributed by atoms with Crippen molar-refractivity contribution in [1.82, 2.24) is 10.2 Å². The zero-order valence-corrected chi connectivity index (χ0v) is 10.1. The molecular weight excluding hydrogens is 172 g/mol. The standard InChI is InChI=1S/C12H26N2/c1-4-5-6-7-8-9-11-14(3)12-10-13-2/h4-5,13H,6-12H2,1-3H3/b5-4+. The number of hydrogen-bond acceptors (Lipinski definition) is 2. The van der Waals surface area contributed by atoms with Gasteiger partial charge in [-0.05, 0) is 46.8 Å². The summed E-state index contributed by atoms with van der Waals surface area (Å²) in [6.07, 6.45) is 9.66. The second kappa shape index (κ2) is 10.7. The van der Waals surface area contributed by atoms with Crippen molar-refractivity contribution in [2.75, 3.05) is 33.7 Å². The molecule has 0 radical (unpaired) electrons. The van der Waals surface area contributed by atoms with E-state index in [-0.39, 0.29) is 0 Å². The molecule has 1 N–H and O–H groups in total. The van der Waals surface area contributed by atoms with Crippen molar-refractivity contribution in [3.05, 3.63) is 12.2 Å².